The molecule has 3 rings (SSSR count). The Kier molecular flexibility index (Phi) is 9.29. The highest BCUT2D eigenvalue weighted by molar-refractivity contribution is 5.97. The fourth-order valence-electron chi connectivity index (χ4n) is 3.94. The Labute approximate surface area is 186 Å². The Morgan fingerprint density at radius 3 is 2.55 bits per heavy atom. The molecule has 0 amide bonds. The number of terminal acetylenes is 1. The number of piperidine rings is 1. The van der Waals surface area contributed by atoms with Crippen LogP contribution in [0.2, 0.25) is 0 Å². The Bertz CT molecular complexity index is 796. The number of morpholine rings is 1. The minimum absolute atomic E-state index is 0.303. The van der Waals surface area contributed by atoms with E-state index in [2.05, 4.69) is 45.6 Å². The maximum Gasteiger partial charge on any atom is 0.148 e. The van der Waals surface area contributed by atoms with Gasteiger partial charge in [0.25, 0.3) is 0 Å². The van der Waals surface area contributed by atoms with Crippen LogP contribution in [0.4, 0.5) is 0 Å². The Balaban J connectivity index is 1.54. The minimum Gasteiger partial charge on any atom is -0.481 e. The number of benzene rings is 1. The van der Waals surface area contributed by atoms with E-state index in [4.69, 9.17) is 20.9 Å². The van der Waals surface area contributed by atoms with Gasteiger partial charge in [-0.2, -0.15) is 0 Å². The predicted octanol–water partition coefficient (Wildman–Crippen LogP) is 3.25. The van der Waals surface area contributed by atoms with Gasteiger partial charge in [0.1, 0.15) is 12.4 Å². The quantitative estimate of drug-likeness (QED) is 0.453. The van der Waals surface area contributed by atoms with Crippen LogP contribution in [0.5, 0.6) is 5.75 Å². The summed E-state index contributed by atoms with van der Waals surface area (Å²) in [4.78, 5) is 13.9. The molecule has 1 aromatic carbocycles. The maximum absolute atomic E-state index is 5.46. The average molecular weight is 423 g/mol. The summed E-state index contributed by atoms with van der Waals surface area (Å²) in [5.41, 5.74) is 3.38. The van der Waals surface area contributed by atoms with Gasteiger partial charge in [0.15, 0.2) is 0 Å². The number of hydrogen-bond acceptors (Lipinski definition) is 6. The van der Waals surface area contributed by atoms with Gasteiger partial charge in [0.05, 0.1) is 19.9 Å². The second-order valence-corrected chi connectivity index (χ2v) is 8.09. The number of ether oxygens (including phenoxy) is 2. The lowest BCUT2D eigenvalue weighted by Gasteiger charge is -2.32. The van der Waals surface area contributed by atoms with Crippen LogP contribution in [-0.4, -0.2) is 74.9 Å². The van der Waals surface area contributed by atoms with Crippen LogP contribution >= 0.6 is 0 Å². The van der Waals surface area contributed by atoms with E-state index in [1.54, 1.807) is 0 Å². The van der Waals surface area contributed by atoms with Crippen molar-refractivity contribution in [1.29, 1.82) is 0 Å². The van der Waals surface area contributed by atoms with Gasteiger partial charge in [-0.05, 0) is 63.3 Å². The van der Waals surface area contributed by atoms with Crippen LogP contribution in [0, 0.1) is 18.3 Å². The van der Waals surface area contributed by atoms with Crippen molar-refractivity contribution in [2.24, 2.45) is 15.9 Å². The highest BCUT2D eigenvalue weighted by Gasteiger charge is 2.23. The summed E-state index contributed by atoms with van der Waals surface area (Å²) >= 11 is 0. The van der Waals surface area contributed by atoms with Gasteiger partial charge in [-0.3, -0.25) is 19.8 Å². The van der Waals surface area contributed by atoms with Crippen molar-refractivity contribution in [2.75, 3.05) is 52.7 Å². The molecule has 0 unspecified atom stereocenters. The number of aliphatic imine (C=N–C) groups is 2. The topological polar surface area (TPSA) is 49.7 Å². The van der Waals surface area contributed by atoms with Crippen molar-refractivity contribution in [3.8, 4) is 18.1 Å². The highest BCUT2D eigenvalue weighted by atomic mass is 16.5. The van der Waals surface area contributed by atoms with E-state index in [0.29, 0.717) is 12.5 Å². The average Bonchev–Trinajstić information content (AvgIpc) is 2.82. The van der Waals surface area contributed by atoms with Crippen molar-refractivity contribution in [2.45, 2.75) is 26.3 Å². The number of hydrogen-bond donors (Lipinski definition) is 0. The third-order valence-electron chi connectivity index (χ3n) is 5.82. The Hall–Kier alpha value is -2.46. The van der Waals surface area contributed by atoms with Crippen molar-refractivity contribution in [3.63, 3.8) is 0 Å². The zero-order chi connectivity index (χ0) is 21.9. The first-order valence-corrected chi connectivity index (χ1v) is 11.0. The molecule has 6 heteroatoms. The molecule has 6 nitrogen and oxygen atoms in total. The number of nitrogens with zero attached hydrogens (tertiary/aromatic N) is 4. The van der Waals surface area contributed by atoms with Crippen LogP contribution in [0.1, 0.15) is 25.3 Å². The van der Waals surface area contributed by atoms with Crippen LogP contribution in [0.25, 0.3) is 0 Å². The molecular weight excluding hydrogens is 388 g/mol. The van der Waals surface area contributed by atoms with Gasteiger partial charge < -0.3 is 9.47 Å². The summed E-state index contributed by atoms with van der Waals surface area (Å²) in [5, 5.41) is 0. The van der Waals surface area contributed by atoms with E-state index in [-0.39, 0.29) is 0 Å². The van der Waals surface area contributed by atoms with Crippen molar-refractivity contribution < 1.29 is 9.47 Å². The van der Waals surface area contributed by atoms with Gasteiger partial charge >= 0.3 is 0 Å². The molecule has 0 aromatic heterocycles. The van der Waals surface area contributed by atoms with Crippen LogP contribution in [0.3, 0.4) is 0 Å². The van der Waals surface area contributed by atoms with Crippen LogP contribution < -0.4 is 4.74 Å². The first-order chi connectivity index (χ1) is 15.2. The summed E-state index contributed by atoms with van der Waals surface area (Å²) in [6, 6.07) is 8.22. The van der Waals surface area contributed by atoms with Gasteiger partial charge in [-0.25, -0.2) is 0 Å². The smallest absolute Gasteiger partial charge is 0.148 e. The Morgan fingerprint density at radius 1 is 1.19 bits per heavy atom. The normalized spacial score (nSPS) is 19.7. The fourth-order valence-corrected chi connectivity index (χ4v) is 3.94. The molecule has 0 radical (unpaired) electrons. The molecule has 2 saturated heterocycles. The molecule has 2 heterocycles. The molecule has 0 atom stereocenters. The van der Waals surface area contributed by atoms with Gasteiger partial charge in [-0.15, -0.1) is 6.42 Å². The molecule has 2 aliphatic heterocycles. The van der Waals surface area contributed by atoms with E-state index in [1.807, 2.05) is 19.1 Å². The van der Waals surface area contributed by atoms with Crippen molar-refractivity contribution >= 4 is 12.4 Å². The molecule has 166 valence electrons. The van der Waals surface area contributed by atoms with E-state index in [1.165, 1.54) is 5.56 Å². The Morgan fingerprint density at radius 2 is 1.90 bits per heavy atom. The summed E-state index contributed by atoms with van der Waals surface area (Å²) in [6.07, 6.45) is 9.56. The molecule has 2 fully saturated rings. The van der Waals surface area contributed by atoms with Crippen LogP contribution in [0.15, 0.2) is 46.0 Å². The molecule has 1 aromatic rings. The van der Waals surface area contributed by atoms with E-state index in [9.17, 15) is 0 Å². The second-order valence-electron chi connectivity index (χ2n) is 8.09. The van der Waals surface area contributed by atoms with Gasteiger partial charge in [0.2, 0.25) is 0 Å². The maximum atomic E-state index is 5.46. The molecular formula is C25H34N4O2. The largest absolute Gasteiger partial charge is 0.481 e. The SMILES string of the molecule is C#CCOc1ccc(CN2CCC(C(/C=C(/C)N=C)=N/CN3CCOCC3)CC2)cc1. The summed E-state index contributed by atoms with van der Waals surface area (Å²) in [7, 11) is 0. The third kappa shape index (κ3) is 7.62. The molecule has 0 N–H and O–H groups in total. The van der Waals surface area contributed by atoms with Gasteiger partial charge in [-0.1, -0.05) is 18.1 Å². The van der Waals surface area contributed by atoms with Gasteiger partial charge in [0, 0.05) is 37.0 Å². The summed E-state index contributed by atoms with van der Waals surface area (Å²) in [5.74, 6) is 3.78. The molecule has 31 heavy (non-hydrogen) atoms. The van der Waals surface area contributed by atoms with E-state index in [0.717, 1.165) is 82.6 Å². The zero-order valence-electron chi connectivity index (χ0n) is 18.6. The molecule has 0 saturated carbocycles. The number of rotatable bonds is 9. The minimum atomic E-state index is 0.303. The lowest BCUT2D eigenvalue weighted by atomic mass is 9.91. The molecule has 0 bridgehead atoms. The van der Waals surface area contributed by atoms with E-state index < -0.39 is 0 Å². The summed E-state index contributed by atoms with van der Waals surface area (Å²) in [6.45, 7) is 13.2. The standard InChI is InChI=1S/C25H34N4O2/c1-4-15-31-24-7-5-22(6-8-24)19-28-11-9-23(10-12-28)25(18-21(2)26-3)27-20-29-13-16-30-17-14-29/h1,5-8,18,23H,3,9-17,19-20H2,2H3/b21-18-,27-25+. The number of allylic oxidation sites excluding steroid dienone is 2. The van der Waals surface area contributed by atoms with Crippen molar-refractivity contribution in [1.82, 2.24) is 9.80 Å². The van der Waals surface area contributed by atoms with Crippen LogP contribution in [-0.2, 0) is 11.3 Å². The fraction of sp³-hybridized carbons (Fsp3) is 0.520. The third-order valence-corrected chi connectivity index (χ3v) is 5.82. The van der Waals surface area contributed by atoms with Crippen molar-refractivity contribution in [3.05, 3.63) is 41.6 Å². The molecule has 0 aliphatic carbocycles. The monoisotopic (exact) mass is 422 g/mol. The molecule has 0 spiro atoms. The first kappa shape index (κ1) is 23.2. The second kappa shape index (κ2) is 12.4. The zero-order valence-corrected chi connectivity index (χ0v) is 18.6. The lowest BCUT2D eigenvalue weighted by Crippen LogP contribution is -2.38. The predicted molar refractivity (Wildman–Crippen MR) is 127 cm³/mol. The number of likely N-dealkylation sites (tertiary alicyclic amines) is 1. The van der Waals surface area contributed by atoms with E-state index >= 15 is 0 Å². The lowest BCUT2D eigenvalue weighted by molar-refractivity contribution is 0.0393. The highest BCUT2D eigenvalue weighted by Crippen LogP contribution is 2.23. The summed E-state index contributed by atoms with van der Waals surface area (Å²) < 4.78 is 10.9. The molecule has 2 aliphatic rings. The first-order valence-electron chi connectivity index (χ1n) is 11.0.